The molecule has 0 spiro atoms. The summed E-state index contributed by atoms with van der Waals surface area (Å²) in [5.41, 5.74) is 1.89. The van der Waals surface area contributed by atoms with Crippen LogP contribution in [0.3, 0.4) is 0 Å². The quantitative estimate of drug-likeness (QED) is 0.648. The topological polar surface area (TPSA) is 82.2 Å². The van der Waals surface area contributed by atoms with E-state index in [2.05, 4.69) is 22.0 Å². The molecule has 2 aromatic rings. The second-order valence-corrected chi connectivity index (χ2v) is 10.8. The average molecular weight is 487 g/mol. The van der Waals surface area contributed by atoms with Gasteiger partial charge in [-0.1, -0.05) is 6.92 Å². The molecule has 2 aliphatic rings. The van der Waals surface area contributed by atoms with Gasteiger partial charge in [0.1, 0.15) is 5.75 Å². The van der Waals surface area contributed by atoms with Gasteiger partial charge in [0.2, 0.25) is 15.9 Å². The summed E-state index contributed by atoms with van der Waals surface area (Å²) in [5.74, 6) is 0.0756. The Kier molecular flexibility index (Phi) is 7.75. The number of piperidine rings is 1. The third-order valence-electron chi connectivity index (χ3n) is 6.77. The van der Waals surface area contributed by atoms with Gasteiger partial charge in [0.15, 0.2) is 0 Å². The van der Waals surface area contributed by atoms with E-state index in [0.29, 0.717) is 25.1 Å². The van der Waals surface area contributed by atoms with Crippen LogP contribution in [0.2, 0.25) is 0 Å². The summed E-state index contributed by atoms with van der Waals surface area (Å²) in [5, 5.41) is 2.98. The van der Waals surface area contributed by atoms with E-state index in [1.165, 1.54) is 4.31 Å². The van der Waals surface area contributed by atoms with Crippen molar-refractivity contribution in [3.05, 3.63) is 48.5 Å². The number of nitrogens with zero attached hydrogens (tertiary/aromatic N) is 3. The van der Waals surface area contributed by atoms with Gasteiger partial charge in [0.05, 0.1) is 17.9 Å². The minimum absolute atomic E-state index is 0.140. The van der Waals surface area contributed by atoms with Crippen LogP contribution >= 0.6 is 0 Å². The first-order valence-corrected chi connectivity index (χ1v) is 13.4. The number of anilines is 2. The Morgan fingerprint density at radius 3 is 2.29 bits per heavy atom. The van der Waals surface area contributed by atoms with Gasteiger partial charge in [0, 0.05) is 50.6 Å². The van der Waals surface area contributed by atoms with E-state index >= 15 is 0 Å². The average Bonchev–Trinajstić information content (AvgIpc) is 2.89. The molecule has 4 rings (SSSR count). The number of methoxy groups -OCH3 is 1. The zero-order valence-electron chi connectivity index (χ0n) is 19.9. The van der Waals surface area contributed by atoms with Crippen molar-refractivity contribution >= 4 is 27.3 Å². The van der Waals surface area contributed by atoms with E-state index in [-0.39, 0.29) is 23.3 Å². The van der Waals surface area contributed by atoms with Crippen molar-refractivity contribution in [2.45, 2.75) is 24.7 Å². The molecule has 0 aromatic heterocycles. The minimum Gasteiger partial charge on any atom is -0.497 e. The lowest BCUT2D eigenvalue weighted by Gasteiger charge is -2.35. The van der Waals surface area contributed by atoms with E-state index < -0.39 is 10.0 Å². The molecule has 0 saturated carbocycles. The molecule has 2 fully saturated rings. The maximum Gasteiger partial charge on any atom is 0.243 e. The fourth-order valence-electron chi connectivity index (χ4n) is 4.59. The molecular weight excluding hydrogens is 452 g/mol. The fraction of sp³-hybridized carbons (Fsp3) is 0.480. The van der Waals surface area contributed by atoms with Crippen molar-refractivity contribution in [3.63, 3.8) is 0 Å². The second-order valence-electron chi connectivity index (χ2n) is 8.84. The summed E-state index contributed by atoms with van der Waals surface area (Å²) in [6.45, 7) is 7.99. The van der Waals surface area contributed by atoms with Gasteiger partial charge < -0.3 is 19.9 Å². The minimum atomic E-state index is -3.66. The van der Waals surface area contributed by atoms with Crippen molar-refractivity contribution in [3.8, 4) is 5.75 Å². The van der Waals surface area contributed by atoms with Gasteiger partial charge in [-0.05, 0) is 67.9 Å². The van der Waals surface area contributed by atoms with Crippen LogP contribution in [-0.4, -0.2) is 76.5 Å². The van der Waals surface area contributed by atoms with E-state index in [4.69, 9.17) is 4.74 Å². The van der Waals surface area contributed by atoms with Crippen LogP contribution in [0.25, 0.3) is 0 Å². The highest BCUT2D eigenvalue weighted by molar-refractivity contribution is 7.89. The summed E-state index contributed by atoms with van der Waals surface area (Å²) in [6, 6.07) is 14.3. The van der Waals surface area contributed by atoms with Gasteiger partial charge in [-0.15, -0.1) is 0 Å². The SMILES string of the molecule is CCN1CCN(c2ccc(NC(=O)[C@@H]3CCCN(S(=O)(=O)c4ccc(OC)cc4)C3)cc2)CC1. The van der Waals surface area contributed by atoms with Gasteiger partial charge >= 0.3 is 0 Å². The number of ether oxygens (including phenoxy) is 1. The summed E-state index contributed by atoms with van der Waals surface area (Å²) in [7, 11) is -2.12. The maximum absolute atomic E-state index is 13.1. The molecule has 2 aliphatic heterocycles. The normalized spacial score (nSPS) is 20.2. The number of piperazine rings is 1. The molecule has 0 aliphatic carbocycles. The highest BCUT2D eigenvalue weighted by Gasteiger charge is 2.33. The number of carbonyl (C=O) groups is 1. The highest BCUT2D eigenvalue weighted by atomic mass is 32.2. The molecule has 184 valence electrons. The molecule has 2 heterocycles. The first-order chi connectivity index (χ1) is 16.4. The van der Waals surface area contributed by atoms with Crippen LogP contribution in [0.4, 0.5) is 11.4 Å². The number of carbonyl (C=O) groups excluding carboxylic acids is 1. The molecule has 0 unspecified atom stereocenters. The van der Waals surface area contributed by atoms with E-state index in [1.54, 1.807) is 31.4 Å². The predicted octanol–water partition coefficient (Wildman–Crippen LogP) is 2.88. The van der Waals surface area contributed by atoms with Crippen molar-refractivity contribution in [1.29, 1.82) is 0 Å². The van der Waals surface area contributed by atoms with Crippen LogP contribution < -0.4 is 15.0 Å². The summed E-state index contributed by atoms with van der Waals surface area (Å²) >= 11 is 0. The summed E-state index contributed by atoms with van der Waals surface area (Å²) in [4.78, 5) is 18.0. The second kappa shape index (κ2) is 10.8. The number of likely N-dealkylation sites (N-methyl/N-ethyl adjacent to an activating group) is 1. The zero-order valence-corrected chi connectivity index (χ0v) is 20.8. The standard InChI is InChI=1S/C25H34N4O4S/c1-3-27-15-17-28(18-16-27)22-8-6-21(7-9-22)26-25(30)20-5-4-14-29(19-20)34(31,32)24-12-10-23(33-2)11-13-24/h6-13,20H,3-5,14-19H2,1-2H3,(H,26,30)/t20-/m1/s1. The molecular formula is C25H34N4O4S. The van der Waals surface area contributed by atoms with Crippen molar-refractivity contribution < 1.29 is 17.9 Å². The summed E-state index contributed by atoms with van der Waals surface area (Å²) in [6.07, 6.45) is 1.32. The van der Waals surface area contributed by atoms with Gasteiger partial charge in [0.25, 0.3) is 0 Å². The van der Waals surface area contributed by atoms with E-state index in [9.17, 15) is 13.2 Å². The Labute approximate surface area is 202 Å². The molecule has 2 aromatic carbocycles. The van der Waals surface area contributed by atoms with Crippen LogP contribution in [0, 0.1) is 5.92 Å². The van der Waals surface area contributed by atoms with Gasteiger partial charge in [-0.2, -0.15) is 4.31 Å². The van der Waals surface area contributed by atoms with Crippen LogP contribution in [0.15, 0.2) is 53.4 Å². The third-order valence-corrected chi connectivity index (χ3v) is 8.65. The lowest BCUT2D eigenvalue weighted by Crippen LogP contribution is -2.46. The van der Waals surface area contributed by atoms with E-state index in [0.717, 1.165) is 44.1 Å². The van der Waals surface area contributed by atoms with Crippen molar-refractivity contribution in [1.82, 2.24) is 9.21 Å². The monoisotopic (exact) mass is 486 g/mol. The molecule has 1 N–H and O–H groups in total. The molecule has 34 heavy (non-hydrogen) atoms. The number of amides is 1. The lowest BCUT2D eigenvalue weighted by atomic mass is 9.98. The van der Waals surface area contributed by atoms with Gasteiger partial charge in [-0.3, -0.25) is 4.79 Å². The third kappa shape index (κ3) is 5.54. The smallest absolute Gasteiger partial charge is 0.243 e. The number of hydrogen-bond acceptors (Lipinski definition) is 6. The van der Waals surface area contributed by atoms with Crippen molar-refractivity contribution in [2.75, 3.05) is 63.1 Å². The first kappa shape index (κ1) is 24.5. The molecule has 9 heteroatoms. The van der Waals surface area contributed by atoms with E-state index in [1.807, 2.05) is 24.3 Å². The first-order valence-electron chi connectivity index (χ1n) is 11.9. The Bertz CT molecular complexity index is 1070. The number of rotatable bonds is 7. The van der Waals surface area contributed by atoms with Crippen LogP contribution in [-0.2, 0) is 14.8 Å². The number of benzene rings is 2. The molecule has 0 radical (unpaired) electrons. The highest BCUT2D eigenvalue weighted by Crippen LogP contribution is 2.26. The maximum atomic E-state index is 13.1. The van der Waals surface area contributed by atoms with Crippen LogP contribution in [0.5, 0.6) is 5.75 Å². The van der Waals surface area contributed by atoms with Crippen molar-refractivity contribution in [2.24, 2.45) is 5.92 Å². The molecule has 2 saturated heterocycles. The Morgan fingerprint density at radius 2 is 1.68 bits per heavy atom. The Hall–Kier alpha value is -2.62. The predicted molar refractivity (Wildman–Crippen MR) is 134 cm³/mol. The lowest BCUT2D eigenvalue weighted by molar-refractivity contribution is -0.120. The van der Waals surface area contributed by atoms with Gasteiger partial charge in [-0.25, -0.2) is 8.42 Å². The molecule has 8 nitrogen and oxygen atoms in total. The molecule has 1 atom stereocenters. The summed E-state index contributed by atoms with van der Waals surface area (Å²) < 4.78 is 32.7. The Morgan fingerprint density at radius 1 is 1.00 bits per heavy atom. The zero-order chi connectivity index (χ0) is 24.1. The Balaban J connectivity index is 1.35. The largest absolute Gasteiger partial charge is 0.497 e. The van der Waals surface area contributed by atoms with Crippen LogP contribution in [0.1, 0.15) is 19.8 Å². The fourth-order valence-corrected chi connectivity index (χ4v) is 6.12. The number of nitrogens with one attached hydrogen (secondary N) is 1. The molecule has 1 amide bonds. The number of sulfonamides is 1. The molecule has 0 bridgehead atoms. The number of hydrogen-bond donors (Lipinski definition) is 1.